The van der Waals surface area contributed by atoms with E-state index in [0.717, 1.165) is 0 Å². The lowest BCUT2D eigenvalue weighted by Gasteiger charge is -2.17. The van der Waals surface area contributed by atoms with Crippen LogP contribution in [-0.4, -0.2) is 28.3 Å². The lowest BCUT2D eigenvalue weighted by Crippen LogP contribution is -2.28. The van der Waals surface area contributed by atoms with Crippen LogP contribution in [0.4, 0.5) is 0 Å². The van der Waals surface area contributed by atoms with Gasteiger partial charge in [0.15, 0.2) is 0 Å². The Bertz CT molecular complexity index is 75.5. The van der Waals surface area contributed by atoms with Crippen LogP contribution < -0.4 is 0 Å². The summed E-state index contributed by atoms with van der Waals surface area (Å²) in [5.74, 6) is 0.203. The maximum absolute atomic E-state index is 8.91. The molecule has 0 aromatic heterocycles. The van der Waals surface area contributed by atoms with Crippen molar-refractivity contribution in [2.45, 2.75) is 25.3 Å². The SMILES string of the molecule is CC(C)[C@H](Cl)[C@@H](O)CO. The van der Waals surface area contributed by atoms with Gasteiger partial charge in [0, 0.05) is 0 Å². The van der Waals surface area contributed by atoms with Gasteiger partial charge in [0.1, 0.15) is 0 Å². The number of rotatable bonds is 3. The Morgan fingerprint density at radius 2 is 1.89 bits per heavy atom. The highest BCUT2D eigenvalue weighted by molar-refractivity contribution is 6.21. The summed E-state index contributed by atoms with van der Waals surface area (Å²) in [7, 11) is 0. The molecule has 0 spiro atoms. The molecule has 2 N–H and O–H groups in total. The normalized spacial score (nSPS) is 18.0. The predicted molar refractivity (Wildman–Crippen MR) is 37.6 cm³/mol. The highest BCUT2D eigenvalue weighted by Gasteiger charge is 2.18. The summed E-state index contributed by atoms with van der Waals surface area (Å²) in [6, 6.07) is 0. The zero-order valence-corrected chi connectivity index (χ0v) is 6.47. The maximum Gasteiger partial charge on any atom is 0.0936 e. The summed E-state index contributed by atoms with van der Waals surface area (Å²) in [6.07, 6.45) is -0.785. The Kier molecular flexibility index (Phi) is 4.19. The molecule has 56 valence electrons. The summed E-state index contributed by atoms with van der Waals surface area (Å²) in [5, 5.41) is 17.0. The van der Waals surface area contributed by atoms with Crippen molar-refractivity contribution in [1.82, 2.24) is 0 Å². The van der Waals surface area contributed by atoms with Crippen molar-refractivity contribution in [3.63, 3.8) is 0 Å². The van der Waals surface area contributed by atoms with Crippen molar-refractivity contribution >= 4 is 11.6 Å². The second-order valence-corrected chi connectivity index (χ2v) is 2.94. The molecule has 0 heterocycles. The van der Waals surface area contributed by atoms with E-state index in [1.54, 1.807) is 0 Å². The second kappa shape index (κ2) is 4.09. The Morgan fingerprint density at radius 3 is 2.00 bits per heavy atom. The molecule has 9 heavy (non-hydrogen) atoms. The van der Waals surface area contributed by atoms with Crippen LogP contribution in [0.1, 0.15) is 13.8 Å². The van der Waals surface area contributed by atoms with Crippen LogP contribution in [0.2, 0.25) is 0 Å². The van der Waals surface area contributed by atoms with Crippen LogP contribution in [0.15, 0.2) is 0 Å². The van der Waals surface area contributed by atoms with E-state index in [-0.39, 0.29) is 17.9 Å². The van der Waals surface area contributed by atoms with Crippen LogP contribution in [0, 0.1) is 5.92 Å². The average Bonchev–Trinajstić information content (AvgIpc) is 1.84. The minimum atomic E-state index is -0.785. The van der Waals surface area contributed by atoms with Crippen LogP contribution in [0.5, 0.6) is 0 Å². The quantitative estimate of drug-likeness (QED) is 0.582. The summed E-state index contributed by atoms with van der Waals surface area (Å²) < 4.78 is 0. The van der Waals surface area contributed by atoms with E-state index in [0.29, 0.717) is 0 Å². The topological polar surface area (TPSA) is 40.5 Å². The van der Waals surface area contributed by atoms with Crippen molar-refractivity contribution in [3.8, 4) is 0 Å². The first-order chi connectivity index (χ1) is 4.09. The predicted octanol–water partition coefficient (Wildman–Crippen LogP) is 0.603. The van der Waals surface area contributed by atoms with Crippen molar-refractivity contribution in [3.05, 3.63) is 0 Å². The largest absolute Gasteiger partial charge is 0.394 e. The molecule has 0 rings (SSSR count). The highest BCUT2D eigenvalue weighted by atomic mass is 35.5. The first-order valence-electron chi connectivity index (χ1n) is 3.02. The minimum Gasteiger partial charge on any atom is -0.394 e. The third kappa shape index (κ3) is 3.04. The van der Waals surface area contributed by atoms with Crippen molar-refractivity contribution in [1.29, 1.82) is 0 Å². The second-order valence-electron chi connectivity index (χ2n) is 2.44. The molecule has 3 heteroatoms. The van der Waals surface area contributed by atoms with E-state index in [9.17, 15) is 0 Å². The smallest absolute Gasteiger partial charge is 0.0936 e. The number of aliphatic hydroxyl groups excluding tert-OH is 2. The fraction of sp³-hybridized carbons (Fsp3) is 1.00. The number of alkyl halides is 1. The van der Waals surface area contributed by atoms with Crippen LogP contribution in [0.25, 0.3) is 0 Å². The molecule has 0 unspecified atom stereocenters. The molecule has 0 aliphatic carbocycles. The fourth-order valence-corrected chi connectivity index (χ4v) is 0.625. The van der Waals surface area contributed by atoms with E-state index in [1.807, 2.05) is 13.8 Å². The highest BCUT2D eigenvalue weighted by Crippen LogP contribution is 2.12. The Morgan fingerprint density at radius 1 is 1.44 bits per heavy atom. The van der Waals surface area contributed by atoms with Gasteiger partial charge in [-0.25, -0.2) is 0 Å². The Labute approximate surface area is 60.5 Å². The van der Waals surface area contributed by atoms with Gasteiger partial charge in [0.2, 0.25) is 0 Å². The first kappa shape index (κ1) is 9.21. The summed E-state index contributed by atoms with van der Waals surface area (Å²) in [6.45, 7) is 3.54. The molecule has 2 nitrogen and oxygen atoms in total. The van der Waals surface area contributed by atoms with Crippen LogP contribution in [0.3, 0.4) is 0 Å². The van der Waals surface area contributed by atoms with Gasteiger partial charge in [0.25, 0.3) is 0 Å². The molecule has 0 radical (unpaired) electrons. The minimum absolute atomic E-state index is 0.203. The lowest BCUT2D eigenvalue weighted by atomic mass is 10.1. The van der Waals surface area contributed by atoms with Crippen LogP contribution >= 0.6 is 11.6 Å². The molecular weight excluding hydrogens is 140 g/mol. The summed E-state index contributed by atoms with van der Waals surface area (Å²) >= 11 is 5.66. The molecule has 0 aliphatic rings. The monoisotopic (exact) mass is 152 g/mol. The van der Waals surface area contributed by atoms with Gasteiger partial charge in [-0.2, -0.15) is 0 Å². The Balaban J connectivity index is 3.58. The van der Waals surface area contributed by atoms with Crippen molar-refractivity contribution < 1.29 is 10.2 Å². The number of hydrogen-bond acceptors (Lipinski definition) is 2. The maximum atomic E-state index is 8.91. The van der Waals surface area contributed by atoms with E-state index in [2.05, 4.69) is 0 Å². The lowest BCUT2D eigenvalue weighted by molar-refractivity contribution is 0.0817. The average molecular weight is 153 g/mol. The molecule has 0 aromatic rings. The first-order valence-corrected chi connectivity index (χ1v) is 3.46. The third-order valence-electron chi connectivity index (χ3n) is 1.19. The Hall–Kier alpha value is 0.210. The van der Waals surface area contributed by atoms with Gasteiger partial charge in [0.05, 0.1) is 18.1 Å². The molecule has 0 saturated heterocycles. The van der Waals surface area contributed by atoms with Gasteiger partial charge in [-0.05, 0) is 5.92 Å². The van der Waals surface area contributed by atoms with Crippen molar-refractivity contribution in [2.24, 2.45) is 5.92 Å². The number of hydrogen-bond donors (Lipinski definition) is 2. The van der Waals surface area contributed by atoms with Crippen molar-refractivity contribution in [2.75, 3.05) is 6.61 Å². The molecule has 0 bridgehead atoms. The van der Waals surface area contributed by atoms with E-state index >= 15 is 0 Å². The summed E-state index contributed by atoms with van der Waals surface area (Å²) in [4.78, 5) is 0. The molecule has 0 aliphatic heterocycles. The molecule has 0 fully saturated rings. The fourth-order valence-electron chi connectivity index (χ4n) is 0.545. The van der Waals surface area contributed by atoms with Crippen LogP contribution in [-0.2, 0) is 0 Å². The molecule has 0 aromatic carbocycles. The zero-order valence-electron chi connectivity index (χ0n) is 5.71. The molecular formula is C6H13ClO2. The molecule has 2 atom stereocenters. The molecule has 0 saturated carbocycles. The van der Waals surface area contributed by atoms with E-state index in [4.69, 9.17) is 21.8 Å². The number of halogens is 1. The van der Waals surface area contributed by atoms with Gasteiger partial charge in [-0.15, -0.1) is 11.6 Å². The third-order valence-corrected chi connectivity index (χ3v) is 1.99. The number of aliphatic hydroxyl groups is 2. The van der Waals surface area contributed by atoms with Gasteiger partial charge in [-0.1, -0.05) is 13.8 Å². The zero-order chi connectivity index (χ0) is 7.44. The van der Waals surface area contributed by atoms with E-state index < -0.39 is 6.10 Å². The summed E-state index contributed by atoms with van der Waals surface area (Å²) in [5.41, 5.74) is 0. The standard InChI is InChI=1S/C6H13ClO2/c1-4(2)6(7)5(9)3-8/h4-6,8-9H,3H2,1-2H3/t5-,6-/m0/s1. The molecule has 0 amide bonds. The van der Waals surface area contributed by atoms with Gasteiger partial charge in [-0.3, -0.25) is 0 Å². The van der Waals surface area contributed by atoms with E-state index in [1.165, 1.54) is 0 Å². The van der Waals surface area contributed by atoms with Gasteiger partial charge >= 0.3 is 0 Å². The van der Waals surface area contributed by atoms with Gasteiger partial charge < -0.3 is 10.2 Å².